The number of amides is 1. The van der Waals surface area contributed by atoms with Crippen molar-refractivity contribution >= 4 is 5.91 Å². The normalized spacial score (nSPS) is 22.2. The summed E-state index contributed by atoms with van der Waals surface area (Å²) in [6, 6.07) is 7.18. The Morgan fingerprint density at radius 3 is 2.70 bits per heavy atom. The Labute approximate surface area is 120 Å². The fraction of sp³-hybridized carbons (Fsp3) is 0.562. The maximum atomic E-state index is 12.8. The molecule has 0 saturated carbocycles. The summed E-state index contributed by atoms with van der Waals surface area (Å²) < 4.78 is 0. The Balaban J connectivity index is 2.14. The quantitative estimate of drug-likeness (QED) is 0.884. The van der Waals surface area contributed by atoms with Gasteiger partial charge in [-0.1, -0.05) is 32.0 Å². The molecule has 2 N–H and O–H groups in total. The van der Waals surface area contributed by atoms with Gasteiger partial charge in [-0.3, -0.25) is 4.79 Å². The van der Waals surface area contributed by atoms with Crippen molar-refractivity contribution in [2.45, 2.75) is 26.8 Å². The number of rotatable bonds is 4. The van der Waals surface area contributed by atoms with Crippen LogP contribution in [-0.2, 0) is 11.3 Å². The van der Waals surface area contributed by atoms with Crippen molar-refractivity contribution in [3.63, 3.8) is 0 Å². The third-order valence-corrected chi connectivity index (χ3v) is 4.47. The van der Waals surface area contributed by atoms with E-state index < -0.39 is 0 Å². The summed E-state index contributed by atoms with van der Waals surface area (Å²) in [5.41, 5.74) is 0.479. The zero-order valence-corrected chi connectivity index (χ0v) is 12.5. The number of nitrogens with zero attached hydrogens (tertiary/aromatic N) is 1. The predicted molar refractivity (Wildman–Crippen MR) is 79.3 cm³/mol. The number of hydrogen-bond donors (Lipinski definition) is 2. The van der Waals surface area contributed by atoms with Crippen LogP contribution in [0.25, 0.3) is 0 Å². The van der Waals surface area contributed by atoms with Gasteiger partial charge >= 0.3 is 0 Å². The number of nitrogens with one attached hydrogen (secondary N) is 1. The van der Waals surface area contributed by atoms with E-state index in [1.165, 1.54) is 0 Å². The molecule has 1 heterocycles. The molecule has 110 valence electrons. The van der Waals surface area contributed by atoms with Crippen molar-refractivity contribution in [2.75, 3.05) is 20.1 Å². The van der Waals surface area contributed by atoms with E-state index in [1.54, 1.807) is 17.0 Å². The Morgan fingerprint density at radius 1 is 1.45 bits per heavy atom. The van der Waals surface area contributed by atoms with Crippen LogP contribution < -0.4 is 5.32 Å². The van der Waals surface area contributed by atoms with Crippen LogP contribution >= 0.6 is 0 Å². The number of para-hydroxylation sites is 1. The molecule has 2 rings (SSSR count). The van der Waals surface area contributed by atoms with E-state index in [4.69, 9.17) is 0 Å². The minimum absolute atomic E-state index is 0.167. The molecule has 1 aromatic carbocycles. The Hall–Kier alpha value is -1.55. The molecule has 0 radical (unpaired) electrons. The predicted octanol–water partition coefficient (Wildman–Crippen LogP) is 1.99. The second kappa shape index (κ2) is 5.83. The second-order valence-corrected chi connectivity index (χ2v) is 6.03. The number of aromatic hydroxyl groups is 1. The molecule has 1 amide bonds. The molecule has 4 heteroatoms. The standard InChI is InChI=1S/C16H24N2O2/c1-12(2)16(8-9-17-11-16)15(20)18(3)10-13-6-4-5-7-14(13)19/h4-7,12,17,19H,8-11H2,1-3H3. The van der Waals surface area contributed by atoms with Gasteiger partial charge in [-0.2, -0.15) is 0 Å². The van der Waals surface area contributed by atoms with Gasteiger partial charge in [0.05, 0.1) is 5.41 Å². The van der Waals surface area contributed by atoms with E-state index in [0.29, 0.717) is 12.5 Å². The first-order chi connectivity index (χ1) is 9.47. The van der Waals surface area contributed by atoms with E-state index in [1.807, 2.05) is 19.2 Å². The summed E-state index contributed by atoms with van der Waals surface area (Å²) in [4.78, 5) is 14.6. The first-order valence-electron chi connectivity index (χ1n) is 7.20. The molecule has 20 heavy (non-hydrogen) atoms. The summed E-state index contributed by atoms with van der Waals surface area (Å²) in [5, 5.41) is 13.1. The highest BCUT2D eigenvalue weighted by Gasteiger charge is 2.45. The monoisotopic (exact) mass is 276 g/mol. The molecule has 1 aliphatic rings. The first kappa shape index (κ1) is 14.9. The SMILES string of the molecule is CC(C)C1(C(=O)N(C)Cc2ccccc2O)CCNC1. The van der Waals surface area contributed by atoms with Crippen molar-refractivity contribution < 1.29 is 9.90 Å². The fourth-order valence-electron chi connectivity index (χ4n) is 2.99. The van der Waals surface area contributed by atoms with Crippen LogP contribution in [0.4, 0.5) is 0 Å². The molecule has 1 aromatic rings. The highest BCUT2D eigenvalue weighted by molar-refractivity contribution is 5.83. The summed E-state index contributed by atoms with van der Waals surface area (Å²) in [5.74, 6) is 0.716. The molecule has 0 spiro atoms. The number of hydrogen-bond acceptors (Lipinski definition) is 3. The minimum atomic E-state index is -0.306. The number of benzene rings is 1. The van der Waals surface area contributed by atoms with Crippen molar-refractivity contribution in [1.29, 1.82) is 0 Å². The molecule has 0 aliphatic carbocycles. The Kier molecular flexibility index (Phi) is 4.33. The number of carbonyl (C=O) groups is 1. The number of carbonyl (C=O) groups excluding carboxylic acids is 1. The van der Waals surface area contributed by atoms with Gasteiger partial charge in [-0.05, 0) is 24.9 Å². The van der Waals surface area contributed by atoms with Crippen LogP contribution in [0.5, 0.6) is 5.75 Å². The number of phenols is 1. The minimum Gasteiger partial charge on any atom is -0.508 e. The van der Waals surface area contributed by atoms with Crippen LogP contribution in [0.2, 0.25) is 0 Å². The molecular weight excluding hydrogens is 252 g/mol. The van der Waals surface area contributed by atoms with E-state index in [-0.39, 0.29) is 17.1 Å². The molecule has 4 nitrogen and oxygen atoms in total. The lowest BCUT2D eigenvalue weighted by molar-refractivity contribution is -0.142. The molecule has 1 aliphatic heterocycles. The second-order valence-electron chi connectivity index (χ2n) is 6.03. The smallest absolute Gasteiger partial charge is 0.230 e. The number of phenolic OH excluding ortho intramolecular Hbond substituents is 1. The van der Waals surface area contributed by atoms with Crippen LogP contribution in [0.3, 0.4) is 0 Å². The van der Waals surface area contributed by atoms with E-state index in [0.717, 1.165) is 25.1 Å². The summed E-state index contributed by atoms with van der Waals surface area (Å²) in [6.07, 6.45) is 0.884. The molecule has 0 aromatic heterocycles. The van der Waals surface area contributed by atoms with Crippen LogP contribution in [0, 0.1) is 11.3 Å². The third-order valence-electron chi connectivity index (χ3n) is 4.47. The van der Waals surface area contributed by atoms with Gasteiger partial charge in [0.25, 0.3) is 0 Å². The maximum Gasteiger partial charge on any atom is 0.230 e. The van der Waals surface area contributed by atoms with Gasteiger partial charge in [0, 0.05) is 25.7 Å². The fourth-order valence-corrected chi connectivity index (χ4v) is 2.99. The van der Waals surface area contributed by atoms with E-state index in [2.05, 4.69) is 19.2 Å². The summed E-state index contributed by atoms with van der Waals surface area (Å²) >= 11 is 0. The molecule has 1 saturated heterocycles. The molecular formula is C16H24N2O2. The largest absolute Gasteiger partial charge is 0.508 e. The average molecular weight is 276 g/mol. The highest BCUT2D eigenvalue weighted by atomic mass is 16.3. The summed E-state index contributed by atoms with van der Waals surface area (Å²) in [7, 11) is 1.82. The van der Waals surface area contributed by atoms with Crippen molar-refractivity contribution in [3.05, 3.63) is 29.8 Å². The lowest BCUT2D eigenvalue weighted by atomic mass is 9.75. The zero-order valence-electron chi connectivity index (χ0n) is 12.5. The van der Waals surface area contributed by atoms with Gasteiger partial charge in [-0.15, -0.1) is 0 Å². The van der Waals surface area contributed by atoms with Crippen LogP contribution in [0.1, 0.15) is 25.8 Å². The zero-order chi connectivity index (χ0) is 14.8. The maximum absolute atomic E-state index is 12.8. The summed E-state index contributed by atoms with van der Waals surface area (Å²) in [6.45, 7) is 6.31. The van der Waals surface area contributed by atoms with E-state index in [9.17, 15) is 9.90 Å². The van der Waals surface area contributed by atoms with Crippen LogP contribution in [-0.4, -0.2) is 36.1 Å². The van der Waals surface area contributed by atoms with Crippen LogP contribution in [0.15, 0.2) is 24.3 Å². The topological polar surface area (TPSA) is 52.6 Å². The van der Waals surface area contributed by atoms with Gasteiger partial charge in [-0.25, -0.2) is 0 Å². The lowest BCUT2D eigenvalue weighted by Crippen LogP contribution is -2.46. The van der Waals surface area contributed by atoms with Gasteiger partial charge in [0.15, 0.2) is 0 Å². The average Bonchev–Trinajstić information content (AvgIpc) is 2.91. The Morgan fingerprint density at radius 2 is 2.15 bits per heavy atom. The Bertz CT molecular complexity index is 479. The van der Waals surface area contributed by atoms with Crippen molar-refractivity contribution in [2.24, 2.45) is 11.3 Å². The molecule has 1 unspecified atom stereocenters. The highest BCUT2D eigenvalue weighted by Crippen LogP contribution is 2.36. The van der Waals surface area contributed by atoms with Crippen molar-refractivity contribution in [3.8, 4) is 5.75 Å². The lowest BCUT2D eigenvalue weighted by Gasteiger charge is -2.35. The molecule has 1 fully saturated rings. The van der Waals surface area contributed by atoms with Gasteiger partial charge in [0.1, 0.15) is 5.75 Å². The molecule has 1 atom stereocenters. The third kappa shape index (κ3) is 2.66. The van der Waals surface area contributed by atoms with E-state index >= 15 is 0 Å². The van der Waals surface area contributed by atoms with Gasteiger partial charge < -0.3 is 15.3 Å². The van der Waals surface area contributed by atoms with Crippen molar-refractivity contribution in [1.82, 2.24) is 10.2 Å². The first-order valence-corrected chi connectivity index (χ1v) is 7.20. The van der Waals surface area contributed by atoms with Gasteiger partial charge in [0.2, 0.25) is 5.91 Å². The molecule has 0 bridgehead atoms.